The van der Waals surface area contributed by atoms with Crippen molar-refractivity contribution < 1.29 is 23.5 Å². The number of hydrogen-bond acceptors (Lipinski definition) is 9. The lowest BCUT2D eigenvalue weighted by Crippen LogP contribution is -2.28. The van der Waals surface area contributed by atoms with Crippen LogP contribution in [0.1, 0.15) is 46.0 Å². The molecule has 5 aromatic rings. The Morgan fingerprint density at radius 3 is 2.47 bits per heavy atom. The van der Waals surface area contributed by atoms with E-state index in [0.29, 0.717) is 35.4 Å². The number of nitrogens with zero attached hydrogens (tertiary/aromatic N) is 5. The Kier molecular flexibility index (Phi) is 9.93. The summed E-state index contributed by atoms with van der Waals surface area (Å²) in [4.78, 5) is 27.6. The fraction of sp³-hybridized carbons (Fsp3) is 0.206. The van der Waals surface area contributed by atoms with Gasteiger partial charge in [0.2, 0.25) is 0 Å². The minimum absolute atomic E-state index is 0.0258. The maximum atomic E-state index is 14.2. The molecule has 13 heteroatoms. The largest absolute Gasteiger partial charge is 0.497 e. The third-order valence-electron chi connectivity index (χ3n) is 7.43. The number of thiophene rings is 1. The maximum absolute atomic E-state index is 14.2. The van der Waals surface area contributed by atoms with E-state index < -0.39 is 11.7 Å². The molecular formula is C34H31FN6O4S2. The Morgan fingerprint density at radius 2 is 1.77 bits per heavy atom. The van der Waals surface area contributed by atoms with Gasteiger partial charge in [-0.05, 0) is 72.5 Å². The Bertz CT molecular complexity index is 1880. The Balaban J connectivity index is 1.24. The summed E-state index contributed by atoms with van der Waals surface area (Å²) < 4.78 is 26.9. The van der Waals surface area contributed by atoms with E-state index in [-0.39, 0.29) is 29.8 Å². The molecule has 0 aliphatic carbocycles. The van der Waals surface area contributed by atoms with Crippen molar-refractivity contribution in [1.29, 1.82) is 0 Å². The summed E-state index contributed by atoms with van der Waals surface area (Å²) in [6.07, 6.45) is 0.581. The normalized spacial score (nSPS) is 14.1. The topological polar surface area (TPSA) is 111 Å². The average molecular weight is 671 g/mol. The van der Waals surface area contributed by atoms with Crippen molar-refractivity contribution in [3.8, 4) is 17.2 Å². The molecule has 0 saturated carbocycles. The highest BCUT2D eigenvalue weighted by Gasteiger charge is 2.34. The minimum Gasteiger partial charge on any atom is -0.497 e. The molecule has 10 nitrogen and oxygen atoms in total. The predicted octanol–water partition coefficient (Wildman–Crippen LogP) is 6.28. The molecule has 47 heavy (non-hydrogen) atoms. The summed E-state index contributed by atoms with van der Waals surface area (Å²) in [7, 11) is 1.62. The van der Waals surface area contributed by atoms with Crippen LogP contribution in [0.5, 0.6) is 11.5 Å². The van der Waals surface area contributed by atoms with Crippen LogP contribution in [0.25, 0.3) is 5.69 Å². The first-order valence-electron chi connectivity index (χ1n) is 14.9. The predicted molar refractivity (Wildman–Crippen MR) is 179 cm³/mol. The fourth-order valence-corrected chi connectivity index (χ4v) is 6.68. The van der Waals surface area contributed by atoms with Crippen molar-refractivity contribution in [3.63, 3.8) is 0 Å². The molecule has 3 aromatic carbocycles. The van der Waals surface area contributed by atoms with Crippen molar-refractivity contribution in [3.05, 3.63) is 118 Å². The standard InChI is InChI=1S/C34H31FN6O4S2/c1-3-45-25-16-12-23(13-17-25)40-31(20-36-33(43)26-7-4-5-8-27(26)35)37-38-34(40)47-21-32(42)41-29(22-10-14-24(44-2)15-11-22)19-28(39-41)30-9-6-18-46-30/h4-18,29H,3,19-21H2,1-2H3,(H,36,43). The van der Waals surface area contributed by atoms with E-state index in [4.69, 9.17) is 14.6 Å². The van der Waals surface area contributed by atoms with Gasteiger partial charge in [-0.2, -0.15) is 5.10 Å². The number of hydrogen-bond donors (Lipinski definition) is 1. The van der Waals surface area contributed by atoms with Crippen LogP contribution < -0.4 is 14.8 Å². The van der Waals surface area contributed by atoms with Crippen molar-refractivity contribution in [2.45, 2.75) is 31.1 Å². The molecule has 1 unspecified atom stereocenters. The Hall–Kier alpha value is -5.01. The number of methoxy groups -OCH3 is 1. The molecule has 0 saturated heterocycles. The van der Waals surface area contributed by atoms with Crippen LogP contribution in [0, 0.1) is 5.82 Å². The summed E-state index contributed by atoms with van der Waals surface area (Å²) in [5.74, 6) is 0.474. The highest BCUT2D eigenvalue weighted by molar-refractivity contribution is 7.99. The zero-order chi connectivity index (χ0) is 32.8. The van der Waals surface area contributed by atoms with Gasteiger partial charge in [0.05, 0.1) is 48.2 Å². The maximum Gasteiger partial charge on any atom is 0.254 e. The number of carbonyl (C=O) groups is 2. The minimum atomic E-state index is -0.618. The van der Waals surface area contributed by atoms with Crippen LogP contribution in [-0.4, -0.2) is 56.8 Å². The zero-order valence-electron chi connectivity index (χ0n) is 25.6. The van der Waals surface area contributed by atoms with Gasteiger partial charge in [-0.1, -0.05) is 42.1 Å². The number of ether oxygens (including phenoxy) is 2. The lowest BCUT2D eigenvalue weighted by Gasteiger charge is -2.22. The third-order valence-corrected chi connectivity index (χ3v) is 9.26. The van der Waals surface area contributed by atoms with Gasteiger partial charge in [0, 0.05) is 12.1 Å². The van der Waals surface area contributed by atoms with E-state index >= 15 is 0 Å². The van der Waals surface area contributed by atoms with Gasteiger partial charge in [0.25, 0.3) is 11.8 Å². The third kappa shape index (κ3) is 7.21. The van der Waals surface area contributed by atoms with Crippen molar-refractivity contribution >= 4 is 40.6 Å². The van der Waals surface area contributed by atoms with E-state index in [1.54, 1.807) is 34.1 Å². The molecule has 1 atom stereocenters. The lowest BCUT2D eigenvalue weighted by atomic mass is 10.0. The molecule has 6 rings (SSSR count). The van der Waals surface area contributed by atoms with E-state index in [1.165, 1.54) is 30.0 Å². The number of carbonyl (C=O) groups excluding carboxylic acids is 2. The molecule has 0 bridgehead atoms. The second kappa shape index (κ2) is 14.6. The van der Waals surface area contributed by atoms with Gasteiger partial charge in [0.15, 0.2) is 11.0 Å². The first-order chi connectivity index (χ1) is 22.9. The van der Waals surface area contributed by atoms with Crippen LogP contribution in [0.15, 0.2) is 101 Å². The number of aromatic nitrogens is 3. The van der Waals surface area contributed by atoms with Crippen LogP contribution in [0.3, 0.4) is 0 Å². The molecule has 2 amide bonds. The highest BCUT2D eigenvalue weighted by atomic mass is 32.2. The molecule has 0 fully saturated rings. The summed E-state index contributed by atoms with van der Waals surface area (Å²) in [6, 6.07) is 24.5. The van der Waals surface area contributed by atoms with Crippen molar-refractivity contribution in [1.82, 2.24) is 25.1 Å². The van der Waals surface area contributed by atoms with E-state index in [2.05, 4.69) is 15.5 Å². The molecule has 2 aromatic heterocycles. The highest BCUT2D eigenvalue weighted by Crippen LogP contribution is 2.35. The monoisotopic (exact) mass is 670 g/mol. The molecule has 0 spiro atoms. The van der Waals surface area contributed by atoms with Gasteiger partial charge in [-0.15, -0.1) is 21.5 Å². The zero-order valence-corrected chi connectivity index (χ0v) is 27.3. The summed E-state index contributed by atoms with van der Waals surface area (Å²) in [5, 5.41) is 20.2. The number of thioether (sulfide) groups is 1. The van der Waals surface area contributed by atoms with Gasteiger partial charge in [-0.3, -0.25) is 14.2 Å². The molecule has 1 aliphatic rings. The molecule has 1 aliphatic heterocycles. The Labute approximate surface area is 279 Å². The van der Waals surface area contributed by atoms with Gasteiger partial charge >= 0.3 is 0 Å². The molecule has 240 valence electrons. The number of amides is 2. The van der Waals surface area contributed by atoms with Gasteiger partial charge in [-0.25, -0.2) is 9.40 Å². The first-order valence-corrected chi connectivity index (χ1v) is 16.7. The van der Waals surface area contributed by atoms with E-state index in [1.807, 2.05) is 73.0 Å². The fourth-order valence-electron chi connectivity index (χ4n) is 5.14. The van der Waals surface area contributed by atoms with Gasteiger partial charge in [0.1, 0.15) is 17.3 Å². The second-order valence-electron chi connectivity index (χ2n) is 10.4. The molecule has 0 radical (unpaired) electrons. The summed E-state index contributed by atoms with van der Waals surface area (Å²) in [5.41, 5.74) is 2.44. The van der Waals surface area contributed by atoms with Crippen LogP contribution in [0.2, 0.25) is 0 Å². The van der Waals surface area contributed by atoms with Gasteiger partial charge < -0.3 is 14.8 Å². The smallest absolute Gasteiger partial charge is 0.254 e. The number of halogens is 1. The first kappa shape index (κ1) is 32.0. The number of benzene rings is 3. The van der Waals surface area contributed by atoms with Crippen LogP contribution in [-0.2, 0) is 11.3 Å². The summed E-state index contributed by atoms with van der Waals surface area (Å²) in [6.45, 7) is 2.40. The molecular weight excluding hydrogens is 640 g/mol. The molecule has 1 N–H and O–H groups in total. The second-order valence-corrected chi connectivity index (χ2v) is 12.3. The Morgan fingerprint density at radius 1 is 1.00 bits per heavy atom. The lowest BCUT2D eigenvalue weighted by molar-refractivity contribution is -0.130. The number of nitrogens with one attached hydrogen (secondary N) is 1. The molecule has 3 heterocycles. The average Bonchev–Trinajstić information content (AvgIpc) is 3.87. The van der Waals surface area contributed by atoms with Crippen molar-refractivity contribution in [2.24, 2.45) is 5.10 Å². The van der Waals surface area contributed by atoms with E-state index in [9.17, 15) is 14.0 Å². The number of hydrazone groups is 1. The number of rotatable bonds is 12. The quantitative estimate of drug-likeness (QED) is 0.156. The van der Waals surface area contributed by atoms with Crippen molar-refractivity contribution in [2.75, 3.05) is 19.5 Å². The SMILES string of the molecule is CCOc1ccc(-n2c(CNC(=O)c3ccccc3F)nnc2SCC(=O)N2N=C(c3cccs3)CC2c2ccc(OC)cc2)cc1. The van der Waals surface area contributed by atoms with E-state index in [0.717, 1.165) is 21.9 Å². The summed E-state index contributed by atoms with van der Waals surface area (Å²) >= 11 is 2.80. The van der Waals surface area contributed by atoms with Crippen LogP contribution >= 0.6 is 23.1 Å². The van der Waals surface area contributed by atoms with Crippen LogP contribution in [0.4, 0.5) is 4.39 Å².